The zero-order chi connectivity index (χ0) is 19.3. The van der Waals surface area contributed by atoms with Crippen molar-refractivity contribution in [3.8, 4) is 0 Å². The summed E-state index contributed by atoms with van der Waals surface area (Å²) >= 11 is 20.8. The maximum Gasteiger partial charge on any atom is 0.235 e. The molecule has 0 amide bonds. The van der Waals surface area contributed by atoms with Crippen LogP contribution in [0.1, 0.15) is 79.1 Å². The van der Waals surface area contributed by atoms with Crippen LogP contribution in [-0.4, -0.2) is 50.5 Å². The molecule has 148 valence electrons. The molecule has 0 rings (SSSR count). The van der Waals surface area contributed by atoms with E-state index in [-0.39, 0.29) is 0 Å². The highest BCUT2D eigenvalue weighted by Crippen LogP contribution is 2.26. The smallest absolute Gasteiger partial charge is 0.230 e. The predicted molar refractivity (Wildman–Crippen MR) is 128 cm³/mol. The van der Waals surface area contributed by atoms with Gasteiger partial charge in [-0.25, -0.2) is 8.97 Å². The molecule has 0 aromatic carbocycles. The van der Waals surface area contributed by atoms with E-state index in [1.807, 2.05) is 0 Å². The third kappa shape index (κ3) is 8.56. The average molecular weight is 425 g/mol. The second kappa shape index (κ2) is 13.9. The second-order valence-electron chi connectivity index (χ2n) is 7.31. The lowest BCUT2D eigenvalue weighted by Gasteiger charge is -2.45. The van der Waals surface area contributed by atoms with Crippen molar-refractivity contribution in [1.29, 1.82) is 0 Å². The van der Waals surface area contributed by atoms with Gasteiger partial charge in [0, 0.05) is 0 Å². The van der Waals surface area contributed by atoms with Gasteiger partial charge in [-0.3, -0.25) is 0 Å². The molecule has 0 aliphatic heterocycles. The van der Waals surface area contributed by atoms with Crippen LogP contribution in [-0.2, 0) is 0 Å². The number of rotatable bonds is 14. The topological polar surface area (TPSA) is 0 Å². The minimum absolute atomic E-state index is 0.800. The lowest BCUT2D eigenvalue weighted by molar-refractivity contribution is -1.02. The molecule has 0 fully saturated rings. The molecule has 0 unspecified atom stereocenters. The van der Waals surface area contributed by atoms with Crippen LogP contribution in [0.3, 0.4) is 0 Å². The Hall–Kier alpha value is 0.800. The molecule has 0 aliphatic rings. The van der Waals surface area contributed by atoms with Gasteiger partial charge in [-0.15, -0.1) is 0 Å². The van der Waals surface area contributed by atoms with E-state index in [9.17, 15) is 0 Å². The lowest BCUT2D eigenvalue weighted by atomic mass is 10.2. The predicted octanol–water partition coefficient (Wildman–Crippen LogP) is 6.21. The fraction of sp³-hybridized carbons (Fsp3) is 0.895. The van der Waals surface area contributed by atoms with Gasteiger partial charge in [-0.05, 0) is 50.1 Å². The summed E-state index contributed by atoms with van der Waals surface area (Å²) in [4.78, 5) is 0. The number of hydrogen-bond acceptors (Lipinski definition) is 2. The van der Waals surface area contributed by atoms with E-state index in [1.54, 1.807) is 0 Å². The summed E-state index contributed by atoms with van der Waals surface area (Å²) in [5.41, 5.74) is 0. The maximum atomic E-state index is 5.69. The van der Waals surface area contributed by atoms with Gasteiger partial charge in [0.1, 0.15) is 0 Å². The first-order valence-corrected chi connectivity index (χ1v) is 11.7. The third-order valence-electron chi connectivity index (χ3n) is 5.11. The van der Waals surface area contributed by atoms with Crippen molar-refractivity contribution in [2.45, 2.75) is 79.1 Å². The van der Waals surface area contributed by atoms with Crippen LogP contribution in [0.5, 0.6) is 0 Å². The quantitative estimate of drug-likeness (QED) is 0.147. The summed E-state index contributed by atoms with van der Waals surface area (Å²) in [6.45, 7) is 14.2. The summed E-state index contributed by atoms with van der Waals surface area (Å²) in [5, 5.41) is 0. The van der Waals surface area contributed by atoms with Crippen molar-refractivity contribution in [2.24, 2.45) is 0 Å². The van der Waals surface area contributed by atoms with E-state index in [0.717, 1.165) is 50.5 Å². The minimum atomic E-state index is 0.800. The van der Waals surface area contributed by atoms with Crippen molar-refractivity contribution < 1.29 is 8.97 Å². The zero-order valence-corrected chi connectivity index (χ0v) is 20.2. The summed E-state index contributed by atoms with van der Waals surface area (Å²) in [7, 11) is 0. The number of nitrogens with zero attached hydrogens (tertiary/aromatic N) is 2. The minimum Gasteiger partial charge on any atom is -0.230 e. The van der Waals surface area contributed by atoms with Crippen LogP contribution in [0.15, 0.2) is 0 Å². The monoisotopic (exact) mass is 424 g/mol. The van der Waals surface area contributed by atoms with Crippen LogP contribution in [0.4, 0.5) is 0 Å². The maximum absolute atomic E-state index is 5.69. The Labute approximate surface area is 178 Å². The van der Waals surface area contributed by atoms with Gasteiger partial charge < -0.3 is 0 Å². The Kier molecular flexibility index (Phi) is 14.3. The average Bonchev–Trinajstić information content (AvgIpc) is 2.59. The van der Waals surface area contributed by atoms with Crippen LogP contribution >= 0.6 is 49.7 Å². The number of unbranched alkanes of at least 4 members (excludes halogenated alkanes) is 4. The first-order chi connectivity index (χ1) is 11.8. The third-order valence-corrected chi connectivity index (χ3v) is 6.73. The normalized spacial score (nSPS) is 12.4. The van der Waals surface area contributed by atoms with E-state index in [2.05, 4.69) is 27.7 Å². The van der Waals surface area contributed by atoms with E-state index in [0.29, 0.717) is 0 Å². The molecule has 0 aliphatic carbocycles. The van der Waals surface area contributed by atoms with Crippen LogP contribution in [0, 0.1) is 0 Å². The van der Waals surface area contributed by atoms with Crippen molar-refractivity contribution in [2.75, 3.05) is 32.8 Å². The fourth-order valence-corrected chi connectivity index (χ4v) is 4.38. The van der Waals surface area contributed by atoms with Crippen LogP contribution < -0.4 is 0 Å². The van der Waals surface area contributed by atoms with Crippen molar-refractivity contribution in [3.05, 3.63) is 0 Å². The Morgan fingerprint density at radius 2 is 0.840 bits per heavy atom. The summed E-state index contributed by atoms with van der Waals surface area (Å²) in [5.74, 6) is 0. The van der Waals surface area contributed by atoms with Crippen molar-refractivity contribution in [3.63, 3.8) is 0 Å². The van der Waals surface area contributed by atoms with Gasteiger partial charge in [0.2, 0.25) is 15.3 Å². The molecule has 2 nitrogen and oxygen atoms in total. The van der Waals surface area contributed by atoms with Gasteiger partial charge in [-0.2, -0.15) is 0 Å². The number of quaternary nitrogens is 2. The molecule has 0 bridgehead atoms. The summed E-state index contributed by atoms with van der Waals surface area (Å²) in [6.07, 6.45) is 9.40. The molecule has 0 radical (unpaired) electrons. The summed E-state index contributed by atoms with van der Waals surface area (Å²) < 4.78 is 3.24. The first kappa shape index (κ1) is 25.8. The van der Waals surface area contributed by atoms with Gasteiger partial charge >= 0.3 is 0 Å². The zero-order valence-electron chi connectivity index (χ0n) is 16.8. The fourth-order valence-electron chi connectivity index (χ4n) is 3.37. The molecule has 6 heteroatoms. The van der Waals surface area contributed by atoms with Gasteiger partial charge in [0.05, 0.1) is 26.2 Å². The molecule has 0 heterocycles. The second-order valence-corrected chi connectivity index (χ2v) is 9.53. The van der Waals surface area contributed by atoms with Crippen LogP contribution in [0.25, 0.3) is 0 Å². The Morgan fingerprint density at radius 3 is 1.00 bits per heavy atom. The Balaban J connectivity index is 5.79. The SMILES string of the molecule is CCCC[N+](CCCC)(C[N+](CCCC)(CCCC)C(=S)S)C(=S)S. The summed E-state index contributed by atoms with van der Waals surface area (Å²) in [6, 6.07) is 0. The molecule has 25 heavy (non-hydrogen) atoms. The van der Waals surface area contributed by atoms with E-state index in [1.165, 1.54) is 51.4 Å². The number of thiocarbonyl (C=S) groups is 2. The largest absolute Gasteiger partial charge is 0.235 e. The molecule has 0 N–H and O–H groups in total. The van der Waals surface area contributed by atoms with E-state index >= 15 is 0 Å². The van der Waals surface area contributed by atoms with Gasteiger partial charge in [0.25, 0.3) is 0 Å². The van der Waals surface area contributed by atoms with Gasteiger partial charge in [-0.1, -0.05) is 78.6 Å². The molecule has 0 spiro atoms. The van der Waals surface area contributed by atoms with Gasteiger partial charge in [0.15, 0.2) is 0 Å². The van der Waals surface area contributed by atoms with Crippen molar-refractivity contribution >= 4 is 58.3 Å². The molecule has 0 saturated carbocycles. The molecule has 0 atom stereocenters. The number of thiol groups is 2. The Bertz CT molecular complexity index is 347. The molecular formula is C19H40N2S4+2. The molecule has 0 saturated heterocycles. The molecular weight excluding hydrogens is 384 g/mol. The van der Waals surface area contributed by atoms with E-state index < -0.39 is 0 Å². The highest BCUT2D eigenvalue weighted by Gasteiger charge is 2.43. The highest BCUT2D eigenvalue weighted by atomic mass is 32.1. The Morgan fingerprint density at radius 1 is 0.600 bits per heavy atom. The van der Waals surface area contributed by atoms with Crippen LogP contribution in [0.2, 0.25) is 0 Å². The molecule has 0 aromatic rings. The number of hydrogen-bond donors (Lipinski definition) is 2. The standard InChI is InChI=1S/C19H38N2S4/c1-5-9-13-20(18(22)23,14-10-6-2)17-21(19(24)25,15-11-7-3)16-12-8-4/h5-17H2,1-4H3/p+2. The van der Waals surface area contributed by atoms with Crippen molar-refractivity contribution in [1.82, 2.24) is 0 Å². The lowest BCUT2D eigenvalue weighted by Crippen LogP contribution is -2.66. The van der Waals surface area contributed by atoms with E-state index in [4.69, 9.17) is 49.7 Å². The first-order valence-electron chi connectivity index (χ1n) is 10.0. The highest BCUT2D eigenvalue weighted by molar-refractivity contribution is 8.10. The molecule has 0 aromatic heterocycles.